The van der Waals surface area contributed by atoms with E-state index in [0.717, 1.165) is 18.8 Å². The van der Waals surface area contributed by atoms with Crippen LogP contribution in [0.1, 0.15) is 39.5 Å². The van der Waals surface area contributed by atoms with Crippen molar-refractivity contribution >= 4 is 12.0 Å². The van der Waals surface area contributed by atoms with Crippen LogP contribution in [-0.2, 0) is 4.79 Å². The predicted octanol–water partition coefficient (Wildman–Crippen LogP) is 0.946. The fourth-order valence-corrected chi connectivity index (χ4v) is 2.35. The number of aliphatic carboxylic acids is 1. The van der Waals surface area contributed by atoms with Crippen molar-refractivity contribution < 1.29 is 19.8 Å². The first-order valence-corrected chi connectivity index (χ1v) is 6.85. The number of hydrogen-bond donors (Lipinski definition) is 4. The Kier molecular flexibility index (Phi) is 6.08. The Labute approximate surface area is 113 Å². The Balaban J connectivity index is 2.29. The Morgan fingerprint density at radius 3 is 2.32 bits per heavy atom. The quantitative estimate of drug-likeness (QED) is 0.598. The van der Waals surface area contributed by atoms with Crippen LogP contribution in [0.15, 0.2) is 0 Å². The average Bonchev–Trinajstić information content (AvgIpc) is 2.34. The van der Waals surface area contributed by atoms with Crippen molar-refractivity contribution in [2.24, 2.45) is 11.8 Å². The van der Waals surface area contributed by atoms with Gasteiger partial charge in [-0.3, -0.25) is 0 Å². The van der Waals surface area contributed by atoms with Gasteiger partial charge in [0.05, 0.1) is 6.10 Å². The van der Waals surface area contributed by atoms with Gasteiger partial charge >= 0.3 is 12.0 Å². The number of amides is 2. The van der Waals surface area contributed by atoms with Crippen LogP contribution in [0, 0.1) is 11.8 Å². The summed E-state index contributed by atoms with van der Waals surface area (Å²) in [6.07, 6.45) is 3.43. The molecule has 6 heteroatoms. The van der Waals surface area contributed by atoms with Crippen LogP contribution in [0.2, 0.25) is 0 Å². The van der Waals surface area contributed by atoms with Gasteiger partial charge in [0.25, 0.3) is 0 Å². The van der Waals surface area contributed by atoms with Crippen LogP contribution in [0.3, 0.4) is 0 Å². The minimum absolute atomic E-state index is 0.469. The Hall–Kier alpha value is -1.30. The van der Waals surface area contributed by atoms with E-state index in [4.69, 9.17) is 5.11 Å². The molecular formula is C13H24N2O4. The third kappa shape index (κ3) is 5.46. The third-order valence-electron chi connectivity index (χ3n) is 3.72. The fourth-order valence-electron chi connectivity index (χ4n) is 2.35. The standard InChI is InChI=1S/C13H24N2O4/c1-8-3-5-10(6-4-8)7-14-13(19)15-11(9(2)16)12(17)18/h8-11,16H,3-7H2,1-2H3,(H,17,18)(H2,14,15,19)/t8?,9-,10?,11+/m1/s1. The zero-order valence-electron chi connectivity index (χ0n) is 11.6. The fraction of sp³-hybridized carbons (Fsp3) is 0.846. The molecule has 4 N–H and O–H groups in total. The molecule has 6 nitrogen and oxygen atoms in total. The van der Waals surface area contributed by atoms with Crippen molar-refractivity contribution in [3.8, 4) is 0 Å². The van der Waals surface area contributed by atoms with E-state index in [-0.39, 0.29) is 0 Å². The molecule has 0 unspecified atom stereocenters. The molecule has 19 heavy (non-hydrogen) atoms. The molecule has 0 aromatic carbocycles. The summed E-state index contributed by atoms with van der Waals surface area (Å²) in [6, 6.07) is -1.81. The molecule has 0 bridgehead atoms. The predicted molar refractivity (Wildman–Crippen MR) is 70.8 cm³/mol. The Morgan fingerprint density at radius 2 is 1.84 bits per heavy atom. The summed E-state index contributed by atoms with van der Waals surface area (Å²) < 4.78 is 0. The van der Waals surface area contributed by atoms with Gasteiger partial charge in [-0.2, -0.15) is 0 Å². The molecule has 0 spiro atoms. The zero-order chi connectivity index (χ0) is 14.4. The monoisotopic (exact) mass is 272 g/mol. The first kappa shape index (κ1) is 15.8. The molecular weight excluding hydrogens is 248 g/mol. The van der Waals surface area contributed by atoms with Gasteiger partial charge in [0.2, 0.25) is 0 Å². The van der Waals surface area contributed by atoms with E-state index in [0.29, 0.717) is 12.5 Å². The van der Waals surface area contributed by atoms with Crippen LogP contribution in [0.4, 0.5) is 4.79 Å². The number of nitrogens with one attached hydrogen (secondary N) is 2. The molecule has 0 aromatic heterocycles. The van der Waals surface area contributed by atoms with Crippen LogP contribution in [-0.4, -0.2) is 40.9 Å². The second-order valence-electron chi connectivity index (χ2n) is 5.54. The lowest BCUT2D eigenvalue weighted by molar-refractivity contribution is -0.141. The summed E-state index contributed by atoms with van der Waals surface area (Å²) in [7, 11) is 0. The van der Waals surface area contributed by atoms with Crippen molar-refractivity contribution in [3.63, 3.8) is 0 Å². The minimum atomic E-state index is -1.27. The lowest BCUT2D eigenvalue weighted by Gasteiger charge is -2.26. The molecule has 1 fully saturated rings. The summed E-state index contributed by atoms with van der Waals surface area (Å²) in [4.78, 5) is 22.4. The minimum Gasteiger partial charge on any atom is -0.480 e. The smallest absolute Gasteiger partial charge is 0.328 e. The van der Waals surface area contributed by atoms with Crippen molar-refractivity contribution in [2.75, 3.05) is 6.54 Å². The normalized spacial score (nSPS) is 26.3. The number of rotatable bonds is 5. The number of aliphatic hydroxyl groups excluding tert-OH is 1. The van der Waals surface area contributed by atoms with Gasteiger partial charge in [-0.15, -0.1) is 0 Å². The van der Waals surface area contributed by atoms with Crippen LogP contribution < -0.4 is 10.6 Å². The van der Waals surface area contributed by atoms with Crippen LogP contribution in [0.5, 0.6) is 0 Å². The van der Waals surface area contributed by atoms with E-state index in [1.54, 1.807) is 0 Å². The summed E-state index contributed by atoms with van der Waals surface area (Å²) in [5, 5.41) is 23.0. The Bertz CT molecular complexity index is 312. The average molecular weight is 272 g/mol. The van der Waals surface area contributed by atoms with Gasteiger partial charge in [0.1, 0.15) is 0 Å². The molecule has 0 aromatic rings. The van der Waals surface area contributed by atoms with Crippen molar-refractivity contribution in [1.29, 1.82) is 0 Å². The number of carboxylic acid groups (broad SMARTS) is 1. The second kappa shape index (κ2) is 7.33. The highest BCUT2D eigenvalue weighted by molar-refractivity contribution is 5.82. The molecule has 0 radical (unpaired) electrons. The van der Waals surface area contributed by atoms with Gasteiger partial charge in [-0.05, 0) is 31.6 Å². The topological polar surface area (TPSA) is 98.7 Å². The number of aliphatic hydroxyl groups is 1. The third-order valence-corrected chi connectivity index (χ3v) is 3.72. The lowest BCUT2D eigenvalue weighted by atomic mass is 9.83. The first-order chi connectivity index (χ1) is 8.90. The highest BCUT2D eigenvalue weighted by atomic mass is 16.4. The van der Waals surface area contributed by atoms with E-state index in [9.17, 15) is 14.7 Å². The second-order valence-corrected chi connectivity index (χ2v) is 5.54. The highest BCUT2D eigenvalue weighted by Gasteiger charge is 2.25. The summed E-state index contributed by atoms with van der Waals surface area (Å²) in [6.45, 7) is 4.13. The lowest BCUT2D eigenvalue weighted by Crippen LogP contribution is -2.51. The molecule has 2 amide bonds. The van der Waals surface area contributed by atoms with Crippen molar-refractivity contribution in [3.05, 3.63) is 0 Å². The number of carboxylic acids is 1. The first-order valence-electron chi connectivity index (χ1n) is 6.85. The van der Waals surface area contributed by atoms with E-state index in [1.807, 2.05) is 0 Å². The van der Waals surface area contributed by atoms with E-state index in [1.165, 1.54) is 19.8 Å². The maximum absolute atomic E-state index is 11.6. The van der Waals surface area contributed by atoms with Crippen molar-refractivity contribution in [1.82, 2.24) is 10.6 Å². The molecule has 1 rings (SSSR count). The zero-order valence-corrected chi connectivity index (χ0v) is 11.6. The van der Waals surface area contributed by atoms with Gasteiger partial charge in [-0.25, -0.2) is 9.59 Å². The van der Waals surface area contributed by atoms with Crippen LogP contribution in [0.25, 0.3) is 0 Å². The molecule has 1 aliphatic rings. The maximum atomic E-state index is 11.6. The molecule has 1 aliphatic carbocycles. The molecule has 110 valence electrons. The highest BCUT2D eigenvalue weighted by Crippen LogP contribution is 2.27. The molecule has 0 saturated heterocycles. The number of urea groups is 1. The molecule has 0 aliphatic heterocycles. The molecule has 1 saturated carbocycles. The number of carbonyl (C=O) groups is 2. The van der Waals surface area contributed by atoms with Crippen LogP contribution >= 0.6 is 0 Å². The largest absolute Gasteiger partial charge is 0.480 e. The number of carbonyl (C=O) groups excluding carboxylic acids is 1. The maximum Gasteiger partial charge on any atom is 0.328 e. The van der Waals surface area contributed by atoms with Gasteiger partial charge in [0.15, 0.2) is 6.04 Å². The van der Waals surface area contributed by atoms with Crippen molar-refractivity contribution in [2.45, 2.75) is 51.7 Å². The van der Waals surface area contributed by atoms with E-state index in [2.05, 4.69) is 17.6 Å². The number of hydrogen-bond acceptors (Lipinski definition) is 3. The van der Waals surface area contributed by atoms with Gasteiger partial charge in [-0.1, -0.05) is 19.8 Å². The molecule has 0 heterocycles. The van der Waals surface area contributed by atoms with Gasteiger partial charge < -0.3 is 20.8 Å². The van der Waals surface area contributed by atoms with Gasteiger partial charge in [0, 0.05) is 6.54 Å². The van der Waals surface area contributed by atoms with E-state index < -0.39 is 24.1 Å². The SMILES string of the molecule is CC1CCC(CNC(=O)N[C@H](C(=O)O)[C@@H](C)O)CC1. The molecule has 2 atom stereocenters. The van der Waals surface area contributed by atoms with E-state index >= 15 is 0 Å². The summed E-state index contributed by atoms with van der Waals surface area (Å²) >= 11 is 0. The Morgan fingerprint density at radius 1 is 1.26 bits per heavy atom. The summed E-state index contributed by atoms with van der Waals surface area (Å²) in [5.74, 6) is -0.00914. The summed E-state index contributed by atoms with van der Waals surface area (Å²) in [5.41, 5.74) is 0.